The van der Waals surface area contributed by atoms with E-state index in [4.69, 9.17) is 4.42 Å². The van der Waals surface area contributed by atoms with Gasteiger partial charge in [-0.2, -0.15) is 0 Å². The van der Waals surface area contributed by atoms with Crippen LogP contribution in [0, 0.1) is 0 Å². The molecule has 1 fully saturated rings. The van der Waals surface area contributed by atoms with E-state index in [9.17, 15) is 5.11 Å². The zero-order chi connectivity index (χ0) is 13.1. The summed E-state index contributed by atoms with van der Waals surface area (Å²) in [6.07, 6.45) is 3.89. The Kier molecular flexibility index (Phi) is 3.84. The first-order valence-corrected chi connectivity index (χ1v) is 7.44. The highest BCUT2D eigenvalue weighted by Crippen LogP contribution is 2.34. The molecule has 1 aromatic carbocycles. The van der Waals surface area contributed by atoms with Crippen LogP contribution in [0.5, 0.6) is 0 Å². The SMILES string of the molecule is OC1CCCCC1Sc1nnc(-c2ccccc2)o1. The lowest BCUT2D eigenvalue weighted by molar-refractivity contribution is 0.136. The second-order valence-corrected chi connectivity index (χ2v) is 5.94. The Hall–Kier alpha value is -1.33. The number of aliphatic hydroxyl groups excluding tert-OH is 1. The maximum absolute atomic E-state index is 9.94. The molecule has 1 aliphatic rings. The van der Waals surface area contributed by atoms with Crippen molar-refractivity contribution in [2.75, 3.05) is 0 Å². The molecule has 0 aliphatic heterocycles. The van der Waals surface area contributed by atoms with Crippen molar-refractivity contribution in [2.24, 2.45) is 0 Å². The van der Waals surface area contributed by atoms with Crippen LogP contribution in [0.15, 0.2) is 40.0 Å². The van der Waals surface area contributed by atoms with Gasteiger partial charge in [0.25, 0.3) is 5.22 Å². The minimum Gasteiger partial charge on any atom is -0.411 e. The number of aliphatic hydroxyl groups is 1. The predicted octanol–water partition coefficient (Wildman–Crippen LogP) is 3.13. The van der Waals surface area contributed by atoms with Gasteiger partial charge in [0.1, 0.15) is 0 Å². The third kappa shape index (κ3) is 2.98. The number of hydrogen-bond donors (Lipinski definition) is 1. The van der Waals surface area contributed by atoms with Crippen LogP contribution in [0.2, 0.25) is 0 Å². The normalized spacial score (nSPS) is 23.4. The highest BCUT2D eigenvalue weighted by Gasteiger charge is 2.26. The summed E-state index contributed by atoms with van der Waals surface area (Å²) in [4.78, 5) is 0. The Bertz CT molecular complexity index is 529. The molecule has 5 heteroatoms. The van der Waals surface area contributed by atoms with Crippen LogP contribution in [0.3, 0.4) is 0 Å². The molecule has 0 bridgehead atoms. The van der Waals surface area contributed by atoms with Gasteiger partial charge >= 0.3 is 0 Å². The predicted molar refractivity (Wildman–Crippen MR) is 73.9 cm³/mol. The highest BCUT2D eigenvalue weighted by atomic mass is 32.2. The second-order valence-electron chi connectivity index (χ2n) is 4.75. The average molecular weight is 276 g/mol. The zero-order valence-electron chi connectivity index (χ0n) is 10.5. The van der Waals surface area contributed by atoms with Gasteiger partial charge in [0.05, 0.1) is 6.10 Å². The standard InChI is InChI=1S/C14H16N2O2S/c17-11-8-4-5-9-12(11)19-14-16-15-13(18-14)10-6-2-1-3-7-10/h1-3,6-7,11-12,17H,4-5,8-9H2. The van der Waals surface area contributed by atoms with Crippen molar-refractivity contribution in [3.63, 3.8) is 0 Å². The van der Waals surface area contributed by atoms with E-state index in [1.807, 2.05) is 30.3 Å². The van der Waals surface area contributed by atoms with E-state index in [1.54, 1.807) is 0 Å². The molecule has 1 aliphatic carbocycles. The summed E-state index contributed by atoms with van der Waals surface area (Å²) in [5.74, 6) is 0.536. The van der Waals surface area contributed by atoms with E-state index < -0.39 is 0 Å². The lowest BCUT2D eigenvalue weighted by Gasteiger charge is -2.25. The molecule has 0 amide bonds. The second kappa shape index (κ2) is 5.75. The van der Waals surface area contributed by atoms with Crippen LogP contribution in [-0.4, -0.2) is 26.7 Å². The van der Waals surface area contributed by atoms with Gasteiger partial charge in [0.15, 0.2) is 0 Å². The molecule has 0 radical (unpaired) electrons. The van der Waals surface area contributed by atoms with Gasteiger partial charge in [0.2, 0.25) is 5.89 Å². The van der Waals surface area contributed by atoms with Crippen LogP contribution >= 0.6 is 11.8 Å². The van der Waals surface area contributed by atoms with Crippen molar-refractivity contribution < 1.29 is 9.52 Å². The van der Waals surface area contributed by atoms with Gasteiger partial charge in [-0.25, -0.2) is 0 Å². The maximum Gasteiger partial charge on any atom is 0.277 e. The molecule has 0 spiro atoms. The topological polar surface area (TPSA) is 59.2 Å². The Morgan fingerprint density at radius 2 is 1.89 bits per heavy atom. The summed E-state index contributed by atoms with van der Waals surface area (Å²) < 4.78 is 5.65. The zero-order valence-corrected chi connectivity index (χ0v) is 11.3. The monoisotopic (exact) mass is 276 g/mol. The number of hydrogen-bond acceptors (Lipinski definition) is 5. The Morgan fingerprint density at radius 3 is 2.68 bits per heavy atom. The van der Waals surface area contributed by atoms with Crippen LogP contribution in [0.1, 0.15) is 25.7 Å². The fourth-order valence-corrected chi connectivity index (χ4v) is 3.35. The fraction of sp³-hybridized carbons (Fsp3) is 0.429. The molecular formula is C14H16N2O2S. The maximum atomic E-state index is 9.94. The molecule has 1 saturated carbocycles. The first-order chi connectivity index (χ1) is 9.33. The number of benzene rings is 1. The molecule has 2 aromatic rings. The molecule has 4 nitrogen and oxygen atoms in total. The first kappa shape index (κ1) is 12.7. The van der Waals surface area contributed by atoms with E-state index in [0.29, 0.717) is 11.1 Å². The van der Waals surface area contributed by atoms with E-state index >= 15 is 0 Å². The molecule has 1 N–H and O–H groups in total. The molecule has 2 unspecified atom stereocenters. The number of nitrogens with zero attached hydrogens (tertiary/aromatic N) is 2. The number of aromatic nitrogens is 2. The summed E-state index contributed by atoms with van der Waals surface area (Å²) in [6, 6.07) is 9.72. The average Bonchev–Trinajstić information content (AvgIpc) is 2.91. The van der Waals surface area contributed by atoms with Crippen LogP contribution < -0.4 is 0 Å². The van der Waals surface area contributed by atoms with Gasteiger partial charge in [-0.3, -0.25) is 0 Å². The minimum absolute atomic E-state index is 0.179. The quantitative estimate of drug-likeness (QED) is 0.933. The van der Waals surface area contributed by atoms with E-state index in [2.05, 4.69) is 10.2 Å². The number of rotatable bonds is 3. The number of thioether (sulfide) groups is 1. The Morgan fingerprint density at radius 1 is 1.11 bits per heavy atom. The van der Waals surface area contributed by atoms with Gasteiger partial charge in [-0.05, 0) is 25.0 Å². The van der Waals surface area contributed by atoms with E-state index in [1.165, 1.54) is 11.8 Å². The van der Waals surface area contributed by atoms with E-state index in [0.717, 1.165) is 31.2 Å². The molecule has 19 heavy (non-hydrogen) atoms. The van der Waals surface area contributed by atoms with Crippen molar-refractivity contribution in [1.29, 1.82) is 0 Å². The Balaban J connectivity index is 1.71. The smallest absolute Gasteiger partial charge is 0.277 e. The van der Waals surface area contributed by atoms with Gasteiger partial charge in [-0.1, -0.05) is 42.8 Å². The first-order valence-electron chi connectivity index (χ1n) is 6.56. The third-order valence-corrected chi connectivity index (χ3v) is 4.57. The molecule has 2 atom stereocenters. The summed E-state index contributed by atoms with van der Waals surface area (Å²) in [5.41, 5.74) is 0.922. The lowest BCUT2D eigenvalue weighted by atomic mass is 9.97. The molecule has 1 heterocycles. The Labute approximate surface area is 116 Å². The third-order valence-electron chi connectivity index (χ3n) is 3.35. The van der Waals surface area contributed by atoms with Gasteiger partial charge < -0.3 is 9.52 Å². The molecule has 0 saturated heterocycles. The van der Waals surface area contributed by atoms with E-state index in [-0.39, 0.29) is 11.4 Å². The van der Waals surface area contributed by atoms with Gasteiger partial charge in [0, 0.05) is 10.8 Å². The summed E-state index contributed by atoms with van der Waals surface area (Å²) >= 11 is 1.50. The van der Waals surface area contributed by atoms with Crippen molar-refractivity contribution in [3.05, 3.63) is 30.3 Å². The molecule has 1 aromatic heterocycles. The molecule has 3 rings (SSSR count). The minimum atomic E-state index is -0.258. The highest BCUT2D eigenvalue weighted by molar-refractivity contribution is 7.99. The van der Waals surface area contributed by atoms with Gasteiger partial charge in [-0.15, -0.1) is 10.2 Å². The fourth-order valence-electron chi connectivity index (χ4n) is 2.30. The van der Waals surface area contributed by atoms with Crippen molar-refractivity contribution in [3.8, 4) is 11.5 Å². The van der Waals surface area contributed by atoms with Crippen LogP contribution in [-0.2, 0) is 0 Å². The van der Waals surface area contributed by atoms with Crippen molar-refractivity contribution in [1.82, 2.24) is 10.2 Å². The van der Waals surface area contributed by atoms with Crippen molar-refractivity contribution >= 4 is 11.8 Å². The molecular weight excluding hydrogens is 260 g/mol. The largest absolute Gasteiger partial charge is 0.411 e. The van der Waals surface area contributed by atoms with Crippen molar-refractivity contribution in [2.45, 2.75) is 42.3 Å². The molecule has 100 valence electrons. The lowest BCUT2D eigenvalue weighted by Crippen LogP contribution is -2.26. The summed E-state index contributed by atoms with van der Waals surface area (Å²) in [5, 5.41) is 18.8. The van der Waals surface area contributed by atoms with Crippen LogP contribution in [0.4, 0.5) is 0 Å². The van der Waals surface area contributed by atoms with Crippen LogP contribution in [0.25, 0.3) is 11.5 Å². The summed E-state index contributed by atoms with van der Waals surface area (Å²) in [6.45, 7) is 0. The summed E-state index contributed by atoms with van der Waals surface area (Å²) in [7, 11) is 0.